The largest absolute Gasteiger partial charge is 0.357 e. The van der Waals surface area contributed by atoms with Gasteiger partial charge in [-0.2, -0.15) is 5.10 Å². The molecule has 166 valence electrons. The third-order valence-electron chi connectivity index (χ3n) is 5.27. The first-order valence-electron chi connectivity index (χ1n) is 10.5. The number of aliphatic imine (C=N–C) groups is 1. The van der Waals surface area contributed by atoms with Crippen molar-refractivity contribution in [2.24, 2.45) is 12.0 Å². The zero-order valence-corrected chi connectivity index (χ0v) is 20.9. The van der Waals surface area contributed by atoms with Crippen LogP contribution in [-0.2, 0) is 18.4 Å². The van der Waals surface area contributed by atoms with Gasteiger partial charge in [0, 0.05) is 50.5 Å². The Kier molecular flexibility index (Phi) is 11.6. The molecule has 0 aliphatic carbocycles. The highest BCUT2D eigenvalue weighted by atomic mass is 127. The maximum atomic E-state index is 11.9. The predicted molar refractivity (Wildman–Crippen MR) is 129 cm³/mol. The molecule has 3 N–H and O–H groups in total. The van der Waals surface area contributed by atoms with Gasteiger partial charge >= 0.3 is 0 Å². The van der Waals surface area contributed by atoms with Crippen molar-refractivity contribution in [3.05, 3.63) is 17.0 Å². The van der Waals surface area contributed by atoms with E-state index in [9.17, 15) is 4.79 Å². The van der Waals surface area contributed by atoms with Crippen molar-refractivity contribution in [1.29, 1.82) is 0 Å². The molecule has 1 aromatic rings. The number of amides is 1. The van der Waals surface area contributed by atoms with Gasteiger partial charge in [0.15, 0.2) is 5.96 Å². The van der Waals surface area contributed by atoms with Crippen molar-refractivity contribution in [3.8, 4) is 0 Å². The minimum Gasteiger partial charge on any atom is -0.357 e. The summed E-state index contributed by atoms with van der Waals surface area (Å²) in [5.74, 6) is 0.981. The molecule has 1 amide bonds. The third kappa shape index (κ3) is 8.12. The summed E-state index contributed by atoms with van der Waals surface area (Å²) in [5, 5.41) is 14.3. The SMILES string of the molecule is CCCNC(=O)CN1CCC(NC(=NCc2c(C)nn(C)c2C)NCC)CC1.I. The Labute approximate surface area is 192 Å². The minimum atomic E-state index is 0. The fourth-order valence-electron chi connectivity index (χ4n) is 3.48. The molecule has 0 atom stereocenters. The molecule has 1 saturated heterocycles. The molecule has 0 saturated carbocycles. The van der Waals surface area contributed by atoms with Gasteiger partial charge in [-0.25, -0.2) is 4.99 Å². The molecular weight excluding hydrogens is 481 g/mol. The standard InChI is InChI=1S/C20H37N7O.HI/c1-6-10-22-19(28)14-27-11-8-17(9-12-27)24-20(21-7-2)23-13-18-15(3)25-26(5)16(18)4;/h17H,6-14H2,1-5H3,(H,22,28)(H2,21,23,24);1H. The Morgan fingerprint density at radius 1 is 1.21 bits per heavy atom. The van der Waals surface area contributed by atoms with E-state index in [0.29, 0.717) is 19.1 Å². The second kappa shape index (κ2) is 13.0. The van der Waals surface area contributed by atoms with Gasteiger partial charge in [0.2, 0.25) is 5.91 Å². The number of guanidine groups is 1. The van der Waals surface area contributed by atoms with Crippen LogP contribution in [0.3, 0.4) is 0 Å². The summed E-state index contributed by atoms with van der Waals surface area (Å²) in [6, 6.07) is 0.379. The van der Waals surface area contributed by atoms with Crippen LogP contribution >= 0.6 is 24.0 Å². The van der Waals surface area contributed by atoms with Gasteiger partial charge in [-0.05, 0) is 40.0 Å². The predicted octanol–water partition coefficient (Wildman–Crippen LogP) is 1.70. The smallest absolute Gasteiger partial charge is 0.234 e. The van der Waals surface area contributed by atoms with Crippen LogP contribution in [0.4, 0.5) is 0 Å². The summed E-state index contributed by atoms with van der Waals surface area (Å²) in [5.41, 5.74) is 3.38. The summed E-state index contributed by atoms with van der Waals surface area (Å²) < 4.78 is 1.91. The third-order valence-corrected chi connectivity index (χ3v) is 5.27. The van der Waals surface area contributed by atoms with Crippen LogP contribution < -0.4 is 16.0 Å². The second-order valence-electron chi connectivity index (χ2n) is 7.51. The van der Waals surface area contributed by atoms with Gasteiger partial charge in [0.25, 0.3) is 0 Å². The number of nitrogens with one attached hydrogen (secondary N) is 3. The highest BCUT2D eigenvalue weighted by Gasteiger charge is 2.21. The molecular formula is C20H38IN7O. The molecule has 0 bridgehead atoms. The number of piperidine rings is 1. The lowest BCUT2D eigenvalue weighted by Gasteiger charge is -2.32. The normalized spacial score (nSPS) is 15.7. The van der Waals surface area contributed by atoms with Gasteiger partial charge in [-0.15, -0.1) is 24.0 Å². The Morgan fingerprint density at radius 3 is 2.45 bits per heavy atom. The van der Waals surface area contributed by atoms with Crippen molar-refractivity contribution in [2.75, 3.05) is 32.7 Å². The summed E-state index contributed by atoms with van der Waals surface area (Å²) >= 11 is 0. The monoisotopic (exact) mass is 519 g/mol. The number of carbonyl (C=O) groups excluding carboxylic acids is 1. The van der Waals surface area contributed by atoms with Crippen molar-refractivity contribution >= 4 is 35.8 Å². The molecule has 2 heterocycles. The number of rotatable bonds is 8. The Balaban J connectivity index is 0.00000420. The maximum absolute atomic E-state index is 11.9. The van der Waals surface area contributed by atoms with Crippen molar-refractivity contribution < 1.29 is 4.79 Å². The van der Waals surface area contributed by atoms with Crippen LogP contribution in [0, 0.1) is 13.8 Å². The zero-order chi connectivity index (χ0) is 20.5. The lowest BCUT2D eigenvalue weighted by molar-refractivity contribution is -0.122. The van der Waals surface area contributed by atoms with Crippen LogP contribution in [0.1, 0.15) is 50.1 Å². The summed E-state index contributed by atoms with van der Waals surface area (Å²) in [4.78, 5) is 18.9. The van der Waals surface area contributed by atoms with Crippen LogP contribution in [0.5, 0.6) is 0 Å². The molecule has 0 aromatic carbocycles. The van der Waals surface area contributed by atoms with E-state index < -0.39 is 0 Å². The molecule has 0 radical (unpaired) electrons. The topological polar surface area (TPSA) is 86.6 Å². The molecule has 0 spiro atoms. The molecule has 29 heavy (non-hydrogen) atoms. The number of hydrogen-bond donors (Lipinski definition) is 3. The molecule has 1 aromatic heterocycles. The molecule has 1 fully saturated rings. The van der Waals surface area contributed by atoms with E-state index in [2.05, 4.69) is 46.7 Å². The van der Waals surface area contributed by atoms with Crippen molar-refractivity contribution in [3.63, 3.8) is 0 Å². The maximum Gasteiger partial charge on any atom is 0.234 e. The highest BCUT2D eigenvalue weighted by Crippen LogP contribution is 2.13. The number of hydrogen-bond acceptors (Lipinski definition) is 4. The van der Waals surface area contributed by atoms with E-state index >= 15 is 0 Å². The van der Waals surface area contributed by atoms with Crippen LogP contribution in [0.15, 0.2) is 4.99 Å². The molecule has 2 rings (SSSR count). The van der Waals surface area contributed by atoms with Crippen molar-refractivity contribution in [1.82, 2.24) is 30.6 Å². The molecule has 1 aliphatic rings. The Hall–Kier alpha value is -1.36. The van der Waals surface area contributed by atoms with Crippen LogP contribution in [0.2, 0.25) is 0 Å². The molecule has 8 nitrogen and oxygen atoms in total. The van der Waals surface area contributed by atoms with E-state index in [1.54, 1.807) is 0 Å². The fourth-order valence-corrected chi connectivity index (χ4v) is 3.48. The Morgan fingerprint density at radius 2 is 1.90 bits per heavy atom. The molecule has 9 heteroatoms. The van der Waals surface area contributed by atoms with Gasteiger partial charge in [0.05, 0.1) is 18.8 Å². The number of aryl methyl sites for hydroxylation is 2. The van der Waals surface area contributed by atoms with Gasteiger partial charge < -0.3 is 16.0 Å². The van der Waals surface area contributed by atoms with E-state index in [4.69, 9.17) is 4.99 Å². The lowest BCUT2D eigenvalue weighted by atomic mass is 10.1. The fraction of sp³-hybridized carbons (Fsp3) is 0.750. The van der Waals surface area contributed by atoms with E-state index in [-0.39, 0.29) is 29.9 Å². The zero-order valence-electron chi connectivity index (χ0n) is 18.5. The average molecular weight is 519 g/mol. The first-order chi connectivity index (χ1) is 13.4. The van der Waals surface area contributed by atoms with Gasteiger partial charge in [-0.3, -0.25) is 14.4 Å². The van der Waals surface area contributed by atoms with Crippen molar-refractivity contribution in [2.45, 2.75) is 59.5 Å². The van der Waals surface area contributed by atoms with E-state index in [1.165, 1.54) is 5.56 Å². The van der Waals surface area contributed by atoms with Gasteiger partial charge in [-0.1, -0.05) is 6.92 Å². The number of halogens is 1. The quantitative estimate of drug-likeness (QED) is 0.277. The average Bonchev–Trinajstić information content (AvgIpc) is 2.91. The molecule has 0 unspecified atom stereocenters. The Bertz CT molecular complexity index is 666. The van der Waals surface area contributed by atoms with Crippen LogP contribution in [0.25, 0.3) is 0 Å². The summed E-state index contributed by atoms with van der Waals surface area (Å²) in [7, 11) is 1.97. The van der Waals surface area contributed by atoms with Crippen LogP contribution in [-0.4, -0.2) is 65.3 Å². The van der Waals surface area contributed by atoms with Gasteiger partial charge in [0.1, 0.15) is 0 Å². The summed E-state index contributed by atoms with van der Waals surface area (Å²) in [6.07, 6.45) is 3.00. The second-order valence-corrected chi connectivity index (χ2v) is 7.51. The number of carbonyl (C=O) groups is 1. The first-order valence-corrected chi connectivity index (χ1v) is 10.5. The number of aromatic nitrogens is 2. The molecule has 1 aliphatic heterocycles. The summed E-state index contributed by atoms with van der Waals surface area (Å²) in [6.45, 7) is 12.8. The first kappa shape index (κ1) is 25.7. The minimum absolute atomic E-state index is 0. The van der Waals surface area contributed by atoms with E-state index in [0.717, 1.165) is 62.8 Å². The van der Waals surface area contributed by atoms with E-state index in [1.807, 2.05) is 18.7 Å². The number of nitrogens with zero attached hydrogens (tertiary/aromatic N) is 4. The highest BCUT2D eigenvalue weighted by molar-refractivity contribution is 14.0. The lowest BCUT2D eigenvalue weighted by Crippen LogP contribution is -2.50. The number of likely N-dealkylation sites (tertiary alicyclic amines) is 1.